The Morgan fingerprint density at radius 3 is 2.63 bits per heavy atom. The Labute approximate surface area is 112 Å². The molecule has 1 aromatic rings. The van der Waals surface area contributed by atoms with E-state index in [1.807, 2.05) is 18.2 Å². The molecule has 2 aliphatic rings. The summed E-state index contributed by atoms with van der Waals surface area (Å²) in [5.41, 5.74) is 0. The summed E-state index contributed by atoms with van der Waals surface area (Å²) in [6.07, 6.45) is 0.583. The lowest BCUT2D eigenvalue weighted by molar-refractivity contribution is -0.133. The van der Waals surface area contributed by atoms with Gasteiger partial charge in [-0.2, -0.15) is 0 Å². The molecule has 2 unspecified atom stereocenters. The second-order valence-corrected chi connectivity index (χ2v) is 7.31. The van der Waals surface area contributed by atoms with Crippen molar-refractivity contribution < 1.29 is 17.9 Å². The molecule has 3 rings (SSSR count). The van der Waals surface area contributed by atoms with Gasteiger partial charge < -0.3 is 9.64 Å². The Morgan fingerprint density at radius 1 is 1.32 bits per heavy atom. The third kappa shape index (κ3) is 2.32. The number of fused-ring (bicyclic) bond motifs is 2. The second kappa shape index (κ2) is 4.52. The number of para-hydroxylation sites is 1. The first-order chi connectivity index (χ1) is 9.06. The van der Waals surface area contributed by atoms with Gasteiger partial charge in [-0.3, -0.25) is 4.79 Å². The van der Waals surface area contributed by atoms with E-state index in [1.54, 1.807) is 17.0 Å². The van der Waals surface area contributed by atoms with Crippen molar-refractivity contribution in [2.75, 3.05) is 18.9 Å². The maximum absolute atomic E-state index is 12.0. The van der Waals surface area contributed by atoms with Gasteiger partial charge >= 0.3 is 0 Å². The summed E-state index contributed by atoms with van der Waals surface area (Å²) in [5.74, 6) is 0.619. The van der Waals surface area contributed by atoms with Crippen LogP contribution in [0.15, 0.2) is 30.3 Å². The number of nitrogens with zero attached hydrogens (tertiary/aromatic N) is 1. The van der Waals surface area contributed by atoms with Gasteiger partial charge in [-0.25, -0.2) is 8.42 Å². The summed E-state index contributed by atoms with van der Waals surface area (Å²) >= 11 is 0. The van der Waals surface area contributed by atoms with Crippen LogP contribution < -0.4 is 4.74 Å². The topological polar surface area (TPSA) is 63.7 Å². The molecule has 0 saturated carbocycles. The van der Waals surface area contributed by atoms with Gasteiger partial charge in [-0.05, 0) is 18.6 Å². The van der Waals surface area contributed by atoms with E-state index in [0.29, 0.717) is 18.7 Å². The average molecular weight is 281 g/mol. The lowest BCUT2D eigenvalue weighted by atomic mass is 10.2. The second-order valence-electron chi connectivity index (χ2n) is 4.99. The lowest BCUT2D eigenvalue weighted by Crippen LogP contribution is -2.45. The molecule has 2 bridgehead atoms. The molecular weight excluding hydrogens is 266 g/mol. The van der Waals surface area contributed by atoms with Gasteiger partial charge in [0.25, 0.3) is 5.91 Å². The van der Waals surface area contributed by atoms with E-state index >= 15 is 0 Å². The Kier molecular flexibility index (Phi) is 2.97. The van der Waals surface area contributed by atoms with E-state index in [-0.39, 0.29) is 29.6 Å². The highest BCUT2D eigenvalue weighted by molar-refractivity contribution is 7.92. The summed E-state index contributed by atoms with van der Waals surface area (Å²) < 4.78 is 28.6. The zero-order chi connectivity index (χ0) is 13.5. The van der Waals surface area contributed by atoms with E-state index in [0.717, 1.165) is 0 Å². The molecular formula is C13H15NO4S. The SMILES string of the molecule is O=C(COc1ccccc1)N1CC2CC1CS2(=O)=O. The molecule has 19 heavy (non-hydrogen) atoms. The number of sulfone groups is 1. The quantitative estimate of drug-likeness (QED) is 0.807. The van der Waals surface area contributed by atoms with E-state index < -0.39 is 9.84 Å². The van der Waals surface area contributed by atoms with Crippen molar-refractivity contribution in [2.24, 2.45) is 0 Å². The fourth-order valence-corrected chi connectivity index (χ4v) is 4.77. The number of carbonyl (C=O) groups excluding carboxylic acids is 1. The van der Waals surface area contributed by atoms with Crippen molar-refractivity contribution in [2.45, 2.75) is 17.7 Å². The molecule has 2 heterocycles. The minimum atomic E-state index is -2.96. The number of hydrogen-bond donors (Lipinski definition) is 0. The summed E-state index contributed by atoms with van der Waals surface area (Å²) in [7, 11) is -2.96. The molecule has 0 spiro atoms. The third-order valence-corrected chi connectivity index (χ3v) is 5.94. The van der Waals surface area contributed by atoms with E-state index in [1.165, 1.54) is 0 Å². The van der Waals surface area contributed by atoms with Gasteiger partial charge in [-0.1, -0.05) is 18.2 Å². The van der Waals surface area contributed by atoms with Gasteiger partial charge in [0, 0.05) is 12.6 Å². The van der Waals surface area contributed by atoms with Crippen LogP contribution in [0.3, 0.4) is 0 Å². The number of hydrogen-bond acceptors (Lipinski definition) is 4. The Balaban J connectivity index is 1.59. The summed E-state index contributed by atoms with van der Waals surface area (Å²) in [4.78, 5) is 13.7. The first-order valence-corrected chi connectivity index (χ1v) is 7.97. The first-order valence-electron chi connectivity index (χ1n) is 6.25. The van der Waals surface area contributed by atoms with Crippen LogP contribution in [0.2, 0.25) is 0 Å². The summed E-state index contributed by atoms with van der Waals surface area (Å²) in [6.45, 7) is 0.289. The zero-order valence-corrected chi connectivity index (χ0v) is 11.2. The molecule has 2 aliphatic heterocycles. The van der Waals surface area contributed by atoms with Crippen molar-refractivity contribution in [1.82, 2.24) is 4.90 Å². The van der Waals surface area contributed by atoms with Gasteiger partial charge in [-0.15, -0.1) is 0 Å². The van der Waals surface area contributed by atoms with Crippen molar-refractivity contribution in [1.29, 1.82) is 0 Å². The standard InChI is InChI=1S/C13H15NO4S/c15-13(8-18-11-4-2-1-3-5-11)14-7-12-6-10(14)9-19(12,16)17/h1-5,10,12H,6-9H2. The van der Waals surface area contributed by atoms with E-state index in [4.69, 9.17) is 4.74 Å². The summed E-state index contributed by atoms with van der Waals surface area (Å²) in [6, 6.07) is 8.97. The van der Waals surface area contributed by atoms with Crippen LogP contribution in [0, 0.1) is 0 Å². The zero-order valence-electron chi connectivity index (χ0n) is 10.4. The molecule has 1 aromatic carbocycles. The van der Waals surface area contributed by atoms with Gasteiger partial charge in [0.05, 0.1) is 11.0 Å². The van der Waals surface area contributed by atoms with Crippen molar-refractivity contribution in [3.8, 4) is 5.75 Å². The molecule has 102 valence electrons. The predicted octanol–water partition coefficient (Wildman–Crippen LogP) is 0.463. The molecule has 6 heteroatoms. The molecule has 0 aliphatic carbocycles. The van der Waals surface area contributed by atoms with Gasteiger partial charge in [0.1, 0.15) is 5.75 Å². The maximum Gasteiger partial charge on any atom is 0.260 e. The largest absolute Gasteiger partial charge is 0.484 e. The number of amides is 1. The van der Waals surface area contributed by atoms with Crippen LogP contribution in [-0.4, -0.2) is 49.4 Å². The molecule has 0 N–H and O–H groups in total. The van der Waals surface area contributed by atoms with Crippen LogP contribution in [0.25, 0.3) is 0 Å². The van der Waals surface area contributed by atoms with Crippen LogP contribution in [0.1, 0.15) is 6.42 Å². The minimum absolute atomic E-state index is 0.0344. The molecule has 0 radical (unpaired) electrons. The van der Waals surface area contributed by atoms with Crippen LogP contribution in [-0.2, 0) is 14.6 Å². The van der Waals surface area contributed by atoms with Crippen LogP contribution in [0.5, 0.6) is 5.75 Å². The number of carbonyl (C=O) groups is 1. The fraction of sp³-hybridized carbons (Fsp3) is 0.462. The molecule has 2 atom stereocenters. The highest BCUT2D eigenvalue weighted by Crippen LogP contribution is 2.32. The van der Waals surface area contributed by atoms with E-state index in [9.17, 15) is 13.2 Å². The van der Waals surface area contributed by atoms with Crippen molar-refractivity contribution in [3.05, 3.63) is 30.3 Å². The van der Waals surface area contributed by atoms with Crippen LogP contribution in [0.4, 0.5) is 0 Å². The van der Waals surface area contributed by atoms with Crippen molar-refractivity contribution >= 4 is 15.7 Å². The molecule has 2 saturated heterocycles. The normalized spacial score (nSPS) is 27.5. The lowest BCUT2D eigenvalue weighted by Gasteiger charge is -2.26. The first kappa shape index (κ1) is 12.5. The average Bonchev–Trinajstić information content (AvgIpc) is 2.93. The molecule has 1 amide bonds. The van der Waals surface area contributed by atoms with Gasteiger partial charge in [0.15, 0.2) is 16.4 Å². The number of benzene rings is 1. The van der Waals surface area contributed by atoms with Crippen LogP contribution >= 0.6 is 0 Å². The van der Waals surface area contributed by atoms with Gasteiger partial charge in [0.2, 0.25) is 0 Å². The number of ether oxygens (including phenoxy) is 1. The summed E-state index contributed by atoms with van der Waals surface area (Å²) in [5, 5.41) is -0.363. The highest BCUT2D eigenvalue weighted by atomic mass is 32.2. The predicted molar refractivity (Wildman–Crippen MR) is 69.6 cm³/mol. The third-order valence-electron chi connectivity index (χ3n) is 3.73. The molecule has 0 aromatic heterocycles. The fourth-order valence-electron chi connectivity index (χ4n) is 2.75. The monoisotopic (exact) mass is 281 g/mol. The number of likely N-dealkylation sites (tertiary alicyclic amines) is 1. The molecule has 2 fully saturated rings. The minimum Gasteiger partial charge on any atom is -0.484 e. The smallest absolute Gasteiger partial charge is 0.260 e. The maximum atomic E-state index is 12.0. The highest BCUT2D eigenvalue weighted by Gasteiger charge is 2.49. The Hall–Kier alpha value is -1.56. The number of rotatable bonds is 3. The Morgan fingerprint density at radius 2 is 2.05 bits per heavy atom. The molecule has 5 nitrogen and oxygen atoms in total. The van der Waals surface area contributed by atoms with E-state index in [2.05, 4.69) is 0 Å². The Bertz CT molecular complexity index is 584. The van der Waals surface area contributed by atoms with Crippen molar-refractivity contribution in [3.63, 3.8) is 0 Å².